The summed E-state index contributed by atoms with van der Waals surface area (Å²) in [6.45, 7) is 3.05. The first-order chi connectivity index (χ1) is 10.8. The van der Waals surface area contributed by atoms with Gasteiger partial charge in [-0.1, -0.05) is 6.92 Å². The SMILES string of the molecule is CCc1cc2c(N3CCCC3C(=O)NC3CC3)ncnc2s1. The molecule has 0 bridgehead atoms. The average molecular weight is 316 g/mol. The van der Waals surface area contributed by atoms with Crippen LogP contribution in [0.1, 0.15) is 37.5 Å². The van der Waals surface area contributed by atoms with Gasteiger partial charge in [0.25, 0.3) is 0 Å². The normalized spacial score (nSPS) is 21.5. The van der Waals surface area contributed by atoms with Crippen LogP contribution in [0.2, 0.25) is 0 Å². The number of hydrogen-bond donors (Lipinski definition) is 1. The largest absolute Gasteiger partial charge is 0.352 e. The van der Waals surface area contributed by atoms with E-state index in [1.54, 1.807) is 17.7 Å². The van der Waals surface area contributed by atoms with Crippen molar-refractivity contribution in [2.24, 2.45) is 0 Å². The van der Waals surface area contributed by atoms with Gasteiger partial charge in [0.05, 0.1) is 5.39 Å². The lowest BCUT2D eigenvalue weighted by atomic mass is 10.2. The van der Waals surface area contributed by atoms with Crippen LogP contribution in [0.15, 0.2) is 12.4 Å². The summed E-state index contributed by atoms with van der Waals surface area (Å²) in [7, 11) is 0. The number of fused-ring (bicyclic) bond motifs is 1. The summed E-state index contributed by atoms with van der Waals surface area (Å²) >= 11 is 1.72. The van der Waals surface area contributed by atoms with Gasteiger partial charge in [-0.15, -0.1) is 11.3 Å². The molecular weight excluding hydrogens is 296 g/mol. The van der Waals surface area contributed by atoms with Crippen molar-refractivity contribution in [3.8, 4) is 0 Å². The number of amides is 1. The molecule has 4 rings (SSSR count). The van der Waals surface area contributed by atoms with Gasteiger partial charge in [-0.25, -0.2) is 9.97 Å². The Morgan fingerprint density at radius 1 is 1.41 bits per heavy atom. The monoisotopic (exact) mass is 316 g/mol. The zero-order valence-electron chi connectivity index (χ0n) is 12.7. The molecule has 1 aliphatic heterocycles. The fraction of sp³-hybridized carbons (Fsp3) is 0.562. The minimum Gasteiger partial charge on any atom is -0.352 e. The Morgan fingerprint density at radius 2 is 2.27 bits per heavy atom. The maximum absolute atomic E-state index is 12.5. The van der Waals surface area contributed by atoms with Gasteiger partial charge < -0.3 is 10.2 Å². The number of carbonyl (C=O) groups excluding carboxylic acids is 1. The van der Waals surface area contributed by atoms with Crippen molar-refractivity contribution >= 4 is 33.3 Å². The van der Waals surface area contributed by atoms with Crippen molar-refractivity contribution in [1.82, 2.24) is 15.3 Å². The second-order valence-electron chi connectivity index (χ2n) is 6.12. The molecule has 0 radical (unpaired) electrons. The summed E-state index contributed by atoms with van der Waals surface area (Å²) in [5.74, 6) is 1.09. The molecule has 1 amide bonds. The van der Waals surface area contributed by atoms with Crippen molar-refractivity contribution in [2.45, 2.75) is 51.1 Å². The van der Waals surface area contributed by atoms with Crippen LogP contribution in [0.5, 0.6) is 0 Å². The van der Waals surface area contributed by atoms with Crippen LogP contribution in [-0.4, -0.2) is 34.5 Å². The number of nitrogens with zero attached hydrogens (tertiary/aromatic N) is 3. The second-order valence-corrected chi connectivity index (χ2v) is 7.23. The van der Waals surface area contributed by atoms with Crippen molar-refractivity contribution in [1.29, 1.82) is 0 Å². The lowest BCUT2D eigenvalue weighted by molar-refractivity contribution is -0.122. The molecule has 1 aliphatic carbocycles. The predicted octanol–water partition coefficient (Wildman–Crippen LogP) is 2.50. The first-order valence-corrected chi connectivity index (χ1v) is 8.88. The summed E-state index contributed by atoms with van der Waals surface area (Å²) < 4.78 is 0. The molecule has 0 spiro atoms. The van der Waals surface area contributed by atoms with E-state index in [4.69, 9.17) is 0 Å². The predicted molar refractivity (Wildman–Crippen MR) is 88.3 cm³/mol. The number of rotatable bonds is 4. The summed E-state index contributed by atoms with van der Waals surface area (Å²) in [5, 5.41) is 4.23. The highest BCUT2D eigenvalue weighted by molar-refractivity contribution is 7.18. The number of hydrogen-bond acceptors (Lipinski definition) is 5. The van der Waals surface area contributed by atoms with E-state index in [0.717, 1.165) is 54.7 Å². The average Bonchev–Trinajstić information content (AvgIpc) is 3.06. The van der Waals surface area contributed by atoms with Gasteiger partial charge in [0.2, 0.25) is 5.91 Å². The van der Waals surface area contributed by atoms with Crippen molar-refractivity contribution in [3.63, 3.8) is 0 Å². The minimum absolute atomic E-state index is 0.0799. The molecule has 3 heterocycles. The number of nitrogens with one attached hydrogen (secondary N) is 1. The lowest BCUT2D eigenvalue weighted by Gasteiger charge is -2.25. The molecule has 6 heteroatoms. The Bertz CT molecular complexity index is 709. The highest BCUT2D eigenvalue weighted by atomic mass is 32.1. The van der Waals surface area contributed by atoms with Crippen LogP contribution in [-0.2, 0) is 11.2 Å². The van der Waals surface area contributed by atoms with Gasteiger partial charge >= 0.3 is 0 Å². The zero-order valence-corrected chi connectivity index (χ0v) is 13.5. The smallest absolute Gasteiger partial charge is 0.242 e. The third kappa shape index (κ3) is 2.45. The molecular formula is C16H20N4OS. The molecule has 1 saturated carbocycles. The molecule has 2 aliphatic rings. The van der Waals surface area contributed by atoms with Crippen molar-refractivity contribution in [3.05, 3.63) is 17.3 Å². The van der Waals surface area contributed by atoms with Gasteiger partial charge in [0.15, 0.2) is 0 Å². The van der Waals surface area contributed by atoms with E-state index in [0.29, 0.717) is 6.04 Å². The fourth-order valence-electron chi connectivity index (χ4n) is 3.11. The standard InChI is InChI=1S/C16H20N4OS/c1-2-11-8-12-14(17-9-18-16(12)22-11)20-7-3-4-13(20)15(21)19-10-5-6-10/h8-10,13H,2-7H2,1H3,(H,19,21). The molecule has 116 valence electrons. The molecule has 2 aromatic heterocycles. The van der Waals surface area contributed by atoms with E-state index in [1.807, 2.05) is 0 Å². The van der Waals surface area contributed by atoms with Crippen LogP contribution >= 0.6 is 11.3 Å². The Labute approximate surface area is 133 Å². The van der Waals surface area contributed by atoms with Crippen LogP contribution in [0.4, 0.5) is 5.82 Å². The van der Waals surface area contributed by atoms with E-state index in [1.165, 1.54) is 4.88 Å². The van der Waals surface area contributed by atoms with Gasteiger partial charge in [0, 0.05) is 17.5 Å². The number of aromatic nitrogens is 2. The first-order valence-electron chi connectivity index (χ1n) is 8.06. The Balaban J connectivity index is 1.67. The number of thiophene rings is 1. The van der Waals surface area contributed by atoms with Crippen molar-refractivity contribution < 1.29 is 4.79 Å². The molecule has 5 nitrogen and oxygen atoms in total. The zero-order chi connectivity index (χ0) is 15.1. The molecule has 0 aromatic carbocycles. The van der Waals surface area contributed by atoms with E-state index in [-0.39, 0.29) is 11.9 Å². The van der Waals surface area contributed by atoms with Crippen LogP contribution in [0.25, 0.3) is 10.2 Å². The second kappa shape index (κ2) is 5.50. The molecule has 1 unspecified atom stereocenters. The molecule has 2 aromatic rings. The Morgan fingerprint density at radius 3 is 3.05 bits per heavy atom. The topological polar surface area (TPSA) is 58.1 Å². The lowest BCUT2D eigenvalue weighted by Crippen LogP contribution is -2.44. The van der Waals surface area contributed by atoms with Gasteiger partial charge in [-0.05, 0) is 38.2 Å². The van der Waals surface area contributed by atoms with Gasteiger partial charge in [0.1, 0.15) is 23.0 Å². The Kier molecular flexibility index (Phi) is 3.48. The maximum atomic E-state index is 12.5. The highest BCUT2D eigenvalue weighted by Crippen LogP contribution is 2.34. The summed E-state index contributed by atoms with van der Waals surface area (Å²) in [5.41, 5.74) is 0. The quantitative estimate of drug-likeness (QED) is 0.941. The molecule has 2 fully saturated rings. The maximum Gasteiger partial charge on any atom is 0.242 e. The van der Waals surface area contributed by atoms with E-state index < -0.39 is 0 Å². The third-order valence-electron chi connectivity index (χ3n) is 4.46. The molecule has 22 heavy (non-hydrogen) atoms. The summed E-state index contributed by atoms with van der Waals surface area (Å²) in [4.78, 5) is 25.9. The van der Waals surface area contributed by atoms with E-state index in [9.17, 15) is 4.79 Å². The first kappa shape index (κ1) is 13.9. The van der Waals surface area contributed by atoms with Crippen LogP contribution in [0.3, 0.4) is 0 Å². The van der Waals surface area contributed by atoms with E-state index in [2.05, 4.69) is 33.2 Å². The summed E-state index contributed by atoms with van der Waals surface area (Å²) in [6, 6.07) is 2.51. The highest BCUT2D eigenvalue weighted by Gasteiger charge is 2.35. The van der Waals surface area contributed by atoms with Gasteiger partial charge in [-0.3, -0.25) is 4.79 Å². The molecule has 1 N–H and O–H groups in total. The van der Waals surface area contributed by atoms with Crippen molar-refractivity contribution in [2.75, 3.05) is 11.4 Å². The number of aryl methyl sites for hydroxylation is 1. The number of anilines is 1. The minimum atomic E-state index is -0.0799. The van der Waals surface area contributed by atoms with Crippen LogP contribution < -0.4 is 10.2 Å². The number of carbonyl (C=O) groups is 1. The Hall–Kier alpha value is -1.69. The molecule has 1 saturated heterocycles. The van der Waals surface area contributed by atoms with Crippen LogP contribution in [0, 0.1) is 0 Å². The fourth-order valence-corrected chi connectivity index (χ4v) is 4.04. The summed E-state index contributed by atoms with van der Waals surface area (Å²) in [6.07, 6.45) is 6.84. The van der Waals surface area contributed by atoms with E-state index >= 15 is 0 Å². The third-order valence-corrected chi connectivity index (χ3v) is 5.65. The molecule has 1 atom stereocenters. The van der Waals surface area contributed by atoms with Gasteiger partial charge in [-0.2, -0.15) is 0 Å².